The summed E-state index contributed by atoms with van der Waals surface area (Å²) >= 11 is 0. The first kappa shape index (κ1) is 10.4. The van der Waals surface area contributed by atoms with E-state index in [-0.39, 0.29) is 6.54 Å². The van der Waals surface area contributed by atoms with Crippen LogP contribution in [0.5, 0.6) is 0 Å². The fourth-order valence-electron chi connectivity index (χ4n) is 3.10. The van der Waals surface area contributed by atoms with Gasteiger partial charge in [-0.25, -0.2) is 0 Å². The summed E-state index contributed by atoms with van der Waals surface area (Å²) in [5.74, 6) is -0.257. The highest BCUT2D eigenvalue weighted by molar-refractivity contribution is 5.74. The van der Waals surface area contributed by atoms with Gasteiger partial charge in [-0.1, -0.05) is 12.8 Å². The third-order valence-corrected chi connectivity index (χ3v) is 3.76. The molecule has 2 fully saturated rings. The van der Waals surface area contributed by atoms with Crippen LogP contribution in [0.4, 0.5) is 0 Å². The highest BCUT2D eigenvalue weighted by atomic mass is 16.4. The molecule has 0 aromatic heterocycles. The Labute approximate surface area is 89.5 Å². The molecule has 3 unspecified atom stereocenters. The summed E-state index contributed by atoms with van der Waals surface area (Å²) in [6, 6.07) is 2.02. The third-order valence-electron chi connectivity index (χ3n) is 3.76. The number of nitriles is 1. The quantitative estimate of drug-likeness (QED) is 0.693. The molecule has 0 aromatic carbocycles. The summed E-state index contributed by atoms with van der Waals surface area (Å²) < 4.78 is 0. The molecule has 0 spiro atoms. The monoisotopic (exact) mass is 208 g/mol. The van der Waals surface area contributed by atoms with Crippen LogP contribution in [-0.4, -0.2) is 34.6 Å². The zero-order chi connectivity index (χ0) is 10.8. The Balaban J connectivity index is 2.14. The minimum Gasteiger partial charge on any atom is -0.480 e. The number of carboxylic acids is 1. The first-order valence-electron chi connectivity index (χ1n) is 5.59. The summed E-state index contributed by atoms with van der Waals surface area (Å²) in [5, 5.41) is 17.8. The number of hydrogen-bond donors (Lipinski definition) is 1. The van der Waals surface area contributed by atoms with Gasteiger partial charge in [0.05, 0.1) is 12.6 Å². The fourth-order valence-corrected chi connectivity index (χ4v) is 3.10. The van der Waals surface area contributed by atoms with E-state index in [0.717, 1.165) is 19.3 Å². The van der Waals surface area contributed by atoms with Gasteiger partial charge >= 0.3 is 5.97 Å². The molecule has 15 heavy (non-hydrogen) atoms. The largest absolute Gasteiger partial charge is 0.480 e. The average molecular weight is 208 g/mol. The van der Waals surface area contributed by atoms with Crippen molar-refractivity contribution in [3.63, 3.8) is 0 Å². The SMILES string of the molecule is N#CCN1C(C(=O)O)CC2CCCCC21. The van der Waals surface area contributed by atoms with E-state index in [1.807, 2.05) is 4.90 Å². The Morgan fingerprint density at radius 3 is 2.87 bits per heavy atom. The fraction of sp³-hybridized carbons (Fsp3) is 0.818. The highest BCUT2D eigenvalue weighted by Crippen LogP contribution is 2.39. The van der Waals surface area contributed by atoms with E-state index >= 15 is 0 Å². The molecule has 1 N–H and O–H groups in total. The number of aliphatic carboxylic acids is 1. The van der Waals surface area contributed by atoms with Gasteiger partial charge in [0.1, 0.15) is 6.04 Å². The average Bonchev–Trinajstić information content (AvgIpc) is 2.58. The van der Waals surface area contributed by atoms with Gasteiger partial charge in [-0.3, -0.25) is 9.69 Å². The van der Waals surface area contributed by atoms with Crippen LogP contribution in [0.25, 0.3) is 0 Å². The molecule has 1 aliphatic carbocycles. The van der Waals surface area contributed by atoms with Crippen molar-refractivity contribution in [3.05, 3.63) is 0 Å². The number of carbonyl (C=O) groups is 1. The number of fused-ring (bicyclic) bond motifs is 1. The number of nitrogens with zero attached hydrogens (tertiary/aromatic N) is 2. The molecule has 0 amide bonds. The van der Waals surface area contributed by atoms with Crippen molar-refractivity contribution in [1.29, 1.82) is 5.26 Å². The Kier molecular flexibility index (Phi) is 2.92. The molecule has 1 aliphatic heterocycles. The van der Waals surface area contributed by atoms with E-state index in [1.54, 1.807) is 0 Å². The molecule has 2 rings (SSSR count). The third kappa shape index (κ3) is 1.84. The van der Waals surface area contributed by atoms with Gasteiger partial charge in [0.15, 0.2) is 0 Å². The normalized spacial score (nSPS) is 35.8. The number of rotatable bonds is 2. The minimum absolute atomic E-state index is 0.262. The molecule has 82 valence electrons. The Morgan fingerprint density at radius 2 is 2.20 bits per heavy atom. The maximum absolute atomic E-state index is 11.1. The second-order valence-electron chi connectivity index (χ2n) is 4.53. The van der Waals surface area contributed by atoms with Crippen molar-refractivity contribution in [2.45, 2.75) is 44.2 Å². The predicted octanol–water partition coefficient (Wildman–Crippen LogP) is 1.23. The molecular weight excluding hydrogens is 192 g/mol. The minimum atomic E-state index is -0.764. The van der Waals surface area contributed by atoms with Gasteiger partial charge < -0.3 is 5.11 Å². The van der Waals surface area contributed by atoms with Crippen molar-refractivity contribution >= 4 is 5.97 Å². The maximum Gasteiger partial charge on any atom is 0.320 e. The Hall–Kier alpha value is -1.08. The molecule has 3 atom stereocenters. The molecule has 0 bridgehead atoms. The van der Waals surface area contributed by atoms with Crippen molar-refractivity contribution in [3.8, 4) is 6.07 Å². The molecule has 1 saturated carbocycles. The van der Waals surface area contributed by atoms with Gasteiger partial charge in [-0.05, 0) is 25.2 Å². The zero-order valence-corrected chi connectivity index (χ0v) is 8.72. The van der Waals surface area contributed by atoms with Gasteiger partial charge in [-0.15, -0.1) is 0 Å². The molecule has 4 heteroatoms. The lowest BCUT2D eigenvalue weighted by Gasteiger charge is -2.31. The summed E-state index contributed by atoms with van der Waals surface area (Å²) in [6.45, 7) is 0.262. The van der Waals surface area contributed by atoms with E-state index in [1.165, 1.54) is 12.8 Å². The van der Waals surface area contributed by atoms with Gasteiger partial charge in [0.2, 0.25) is 0 Å². The predicted molar refractivity (Wildman–Crippen MR) is 54.1 cm³/mol. The summed E-state index contributed by atoms with van der Waals surface area (Å²) in [5.41, 5.74) is 0. The van der Waals surface area contributed by atoms with E-state index in [2.05, 4.69) is 6.07 Å². The molecule has 4 nitrogen and oxygen atoms in total. The van der Waals surface area contributed by atoms with E-state index in [0.29, 0.717) is 12.0 Å². The van der Waals surface area contributed by atoms with Gasteiger partial charge in [0.25, 0.3) is 0 Å². The van der Waals surface area contributed by atoms with Crippen LogP contribution < -0.4 is 0 Å². The number of likely N-dealkylation sites (tertiary alicyclic amines) is 1. The first-order chi connectivity index (χ1) is 7.24. The van der Waals surface area contributed by atoms with Crippen molar-refractivity contribution in [2.24, 2.45) is 5.92 Å². The van der Waals surface area contributed by atoms with E-state index in [4.69, 9.17) is 10.4 Å². The van der Waals surface area contributed by atoms with Crippen LogP contribution in [-0.2, 0) is 4.79 Å². The van der Waals surface area contributed by atoms with Crippen LogP contribution in [0.1, 0.15) is 32.1 Å². The Morgan fingerprint density at radius 1 is 1.47 bits per heavy atom. The van der Waals surface area contributed by atoms with Crippen LogP contribution >= 0.6 is 0 Å². The molecule has 0 radical (unpaired) electrons. The molecule has 0 aromatic rings. The second kappa shape index (κ2) is 4.19. The maximum atomic E-state index is 11.1. The molecule has 1 heterocycles. The Bertz CT molecular complexity index is 297. The molecule has 1 saturated heterocycles. The lowest BCUT2D eigenvalue weighted by atomic mass is 9.85. The topological polar surface area (TPSA) is 64.3 Å². The van der Waals surface area contributed by atoms with E-state index < -0.39 is 12.0 Å². The standard InChI is InChI=1S/C11H16N2O2/c12-5-6-13-9-4-2-1-3-8(9)7-10(13)11(14)15/h8-10H,1-4,6-7H2,(H,14,15). The van der Waals surface area contributed by atoms with E-state index in [9.17, 15) is 4.79 Å². The smallest absolute Gasteiger partial charge is 0.320 e. The van der Waals surface area contributed by atoms with Crippen molar-refractivity contribution in [2.75, 3.05) is 6.54 Å². The summed E-state index contributed by atoms with van der Waals surface area (Å²) in [7, 11) is 0. The van der Waals surface area contributed by atoms with Crippen LogP contribution in [0.3, 0.4) is 0 Å². The number of carboxylic acid groups (broad SMARTS) is 1. The summed E-state index contributed by atoms with van der Waals surface area (Å²) in [6.07, 6.45) is 5.33. The van der Waals surface area contributed by atoms with Crippen molar-refractivity contribution < 1.29 is 9.90 Å². The first-order valence-corrected chi connectivity index (χ1v) is 5.59. The van der Waals surface area contributed by atoms with Crippen LogP contribution in [0.15, 0.2) is 0 Å². The zero-order valence-electron chi connectivity index (χ0n) is 8.72. The highest BCUT2D eigenvalue weighted by Gasteiger charge is 2.44. The summed E-state index contributed by atoms with van der Waals surface area (Å²) in [4.78, 5) is 13.0. The van der Waals surface area contributed by atoms with Crippen molar-refractivity contribution in [1.82, 2.24) is 4.90 Å². The van der Waals surface area contributed by atoms with Gasteiger partial charge in [-0.2, -0.15) is 5.26 Å². The van der Waals surface area contributed by atoms with Gasteiger partial charge in [0, 0.05) is 6.04 Å². The molecular formula is C11H16N2O2. The lowest BCUT2D eigenvalue weighted by Crippen LogP contribution is -2.42. The second-order valence-corrected chi connectivity index (χ2v) is 4.53. The van der Waals surface area contributed by atoms with Crippen LogP contribution in [0, 0.1) is 17.2 Å². The van der Waals surface area contributed by atoms with Crippen LogP contribution in [0.2, 0.25) is 0 Å². The number of hydrogen-bond acceptors (Lipinski definition) is 3. The molecule has 2 aliphatic rings. The lowest BCUT2D eigenvalue weighted by molar-refractivity contribution is -0.142.